The molecule has 0 spiro atoms. The Kier molecular flexibility index (Phi) is 8.80. The molecule has 262 valence electrons. The van der Waals surface area contributed by atoms with E-state index >= 15 is 0 Å². The highest BCUT2D eigenvalue weighted by atomic mass is 35.5. The van der Waals surface area contributed by atoms with Crippen molar-refractivity contribution in [3.05, 3.63) is 110 Å². The van der Waals surface area contributed by atoms with Crippen molar-refractivity contribution in [3.8, 4) is 22.6 Å². The Morgan fingerprint density at radius 2 is 1.61 bits per heavy atom. The monoisotopic (exact) mass is 723 g/mol. The molecule has 1 atom stereocenters. The lowest BCUT2D eigenvalue weighted by Gasteiger charge is -2.34. The van der Waals surface area contributed by atoms with Crippen LogP contribution in [-0.4, -0.2) is 44.4 Å². The number of phenols is 1. The van der Waals surface area contributed by atoms with E-state index in [1.165, 1.54) is 0 Å². The summed E-state index contributed by atoms with van der Waals surface area (Å²) in [5.41, 5.74) is 8.85. The van der Waals surface area contributed by atoms with E-state index in [2.05, 4.69) is 11.5 Å². The van der Waals surface area contributed by atoms with E-state index in [1.807, 2.05) is 69.6 Å². The lowest BCUT2D eigenvalue weighted by atomic mass is 9.93. The van der Waals surface area contributed by atoms with Crippen LogP contribution in [0.25, 0.3) is 32.9 Å². The van der Waals surface area contributed by atoms with Crippen molar-refractivity contribution in [1.82, 2.24) is 9.13 Å². The lowest BCUT2D eigenvalue weighted by molar-refractivity contribution is 0.0696. The molecule has 0 saturated heterocycles. The van der Waals surface area contributed by atoms with Gasteiger partial charge in [-0.25, -0.2) is 4.79 Å². The summed E-state index contributed by atoms with van der Waals surface area (Å²) in [5, 5.41) is 23.0. The average Bonchev–Trinajstić information content (AvgIpc) is 3.58. The number of hydrogen-bond acceptors (Lipinski definition) is 4. The standard InChI is InChI=1S/C41H39Cl2N3O5/c1-21-14-28(47)15-22(2)35(21)36-32(42)11-10-31-30(8-7-13-51-29-16-23(3)37(43)24(4)17-29)39-40(48)45(20-25(5)46(39)38(31)36)34-19-27-18-26(41(49)50)9-12-33(27)44(34)6/h9-12,14-19,25,47H,7-8,13,20H2,1-6H3,(H,49,50)/t25-/m1/s1. The first-order chi connectivity index (χ1) is 24.3. The summed E-state index contributed by atoms with van der Waals surface area (Å²) in [6.07, 6.45) is 1.22. The number of phenolic OH excluding ortho intramolecular Hbond substituents is 1. The van der Waals surface area contributed by atoms with Crippen LogP contribution in [0.1, 0.15) is 68.1 Å². The van der Waals surface area contributed by atoms with Gasteiger partial charge in [0.1, 0.15) is 23.0 Å². The second-order valence-electron chi connectivity index (χ2n) is 13.7. The molecule has 0 fully saturated rings. The second-order valence-corrected chi connectivity index (χ2v) is 14.5. The summed E-state index contributed by atoms with van der Waals surface area (Å²) < 4.78 is 10.3. The zero-order valence-electron chi connectivity index (χ0n) is 29.4. The number of aromatic nitrogens is 2. The second kappa shape index (κ2) is 13.0. The molecule has 51 heavy (non-hydrogen) atoms. The number of benzene rings is 4. The van der Waals surface area contributed by atoms with Gasteiger partial charge >= 0.3 is 5.97 Å². The molecule has 0 saturated carbocycles. The van der Waals surface area contributed by atoms with E-state index in [4.69, 9.17) is 27.9 Å². The number of carbonyl (C=O) groups is 2. The lowest BCUT2D eigenvalue weighted by Crippen LogP contribution is -2.43. The normalized spacial score (nSPS) is 14.5. The molecule has 7 rings (SSSR count). The van der Waals surface area contributed by atoms with Crippen LogP contribution in [0.3, 0.4) is 0 Å². The largest absolute Gasteiger partial charge is 0.508 e. The topological polar surface area (TPSA) is 96.9 Å². The molecule has 2 N–H and O–H groups in total. The molecule has 1 amide bonds. The fourth-order valence-electron chi connectivity index (χ4n) is 7.85. The SMILES string of the molecule is Cc1cc(OCCCc2c3n(c4c(-c5c(C)cc(O)cc5C)c(Cl)ccc24)[C@H](C)CN(c2cc4cc(C(=O)O)ccc4n2C)C3=O)cc(C)c1Cl. The maximum absolute atomic E-state index is 14.9. The predicted octanol–water partition coefficient (Wildman–Crippen LogP) is 9.98. The summed E-state index contributed by atoms with van der Waals surface area (Å²) in [6, 6.07) is 18.0. The Hall–Kier alpha value is -4.92. The fraction of sp³-hybridized carbons (Fsp3) is 0.268. The van der Waals surface area contributed by atoms with Crippen molar-refractivity contribution < 1.29 is 24.5 Å². The zero-order chi connectivity index (χ0) is 36.5. The van der Waals surface area contributed by atoms with Gasteiger partial charge in [-0.3, -0.25) is 9.69 Å². The van der Waals surface area contributed by atoms with Crippen LogP contribution in [0.2, 0.25) is 10.0 Å². The molecule has 6 aromatic rings. The number of aromatic hydroxyl groups is 1. The molecule has 0 unspecified atom stereocenters. The van der Waals surface area contributed by atoms with Crippen LogP contribution in [0, 0.1) is 27.7 Å². The highest BCUT2D eigenvalue weighted by Crippen LogP contribution is 2.46. The Bertz CT molecular complexity index is 2380. The first kappa shape index (κ1) is 34.5. The van der Waals surface area contributed by atoms with Gasteiger partial charge in [0.2, 0.25) is 0 Å². The number of fused-ring (bicyclic) bond motifs is 4. The molecule has 2 aromatic heterocycles. The number of halogens is 2. The highest BCUT2D eigenvalue weighted by Gasteiger charge is 2.37. The maximum Gasteiger partial charge on any atom is 0.335 e. The molecule has 10 heteroatoms. The van der Waals surface area contributed by atoms with Crippen molar-refractivity contribution in [2.75, 3.05) is 18.1 Å². The molecule has 0 aliphatic carbocycles. The fourth-order valence-corrected chi connectivity index (χ4v) is 8.21. The number of carboxylic acid groups (broad SMARTS) is 1. The Morgan fingerprint density at radius 1 is 0.922 bits per heavy atom. The van der Waals surface area contributed by atoms with E-state index in [-0.39, 0.29) is 23.3 Å². The van der Waals surface area contributed by atoms with Gasteiger partial charge in [-0.2, -0.15) is 0 Å². The van der Waals surface area contributed by atoms with Gasteiger partial charge in [0.25, 0.3) is 5.91 Å². The summed E-state index contributed by atoms with van der Waals surface area (Å²) in [5.74, 6) is 0.480. The van der Waals surface area contributed by atoms with Crippen LogP contribution in [-0.2, 0) is 13.5 Å². The number of carboxylic acids is 1. The number of carbonyl (C=O) groups excluding carboxylic acids is 1. The number of ether oxygens (including phenoxy) is 1. The molecule has 1 aliphatic heterocycles. The van der Waals surface area contributed by atoms with Crippen molar-refractivity contribution >= 4 is 62.7 Å². The molecule has 0 radical (unpaired) electrons. The zero-order valence-corrected chi connectivity index (χ0v) is 30.9. The number of aromatic carboxylic acids is 1. The first-order valence-electron chi connectivity index (χ1n) is 17.0. The van der Waals surface area contributed by atoms with Gasteiger partial charge in [0.05, 0.1) is 22.7 Å². The predicted molar refractivity (Wildman–Crippen MR) is 205 cm³/mol. The van der Waals surface area contributed by atoms with Gasteiger partial charge < -0.3 is 24.1 Å². The molecular weight excluding hydrogens is 685 g/mol. The van der Waals surface area contributed by atoms with Crippen molar-refractivity contribution in [2.24, 2.45) is 7.05 Å². The number of nitrogens with zero attached hydrogens (tertiary/aromatic N) is 3. The van der Waals surface area contributed by atoms with Gasteiger partial charge in [0.15, 0.2) is 0 Å². The molecule has 8 nitrogen and oxygen atoms in total. The number of rotatable bonds is 8. The number of anilines is 1. The summed E-state index contributed by atoms with van der Waals surface area (Å²) in [7, 11) is 1.90. The van der Waals surface area contributed by atoms with Gasteiger partial charge in [-0.15, -0.1) is 0 Å². The molecule has 1 aliphatic rings. The van der Waals surface area contributed by atoms with E-state index in [9.17, 15) is 19.8 Å². The van der Waals surface area contributed by atoms with Crippen LogP contribution in [0.5, 0.6) is 11.5 Å². The minimum absolute atomic E-state index is 0.144. The highest BCUT2D eigenvalue weighted by molar-refractivity contribution is 6.35. The Balaban J connectivity index is 1.37. The quantitative estimate of drug-likeness (QED) is 0.152. The number of aryl methyl sites for hydroxylation is 6. The van der Waals surface area contributed by atoms with Crippen molar-refractivity contribution in [2.45, 2.75) is 53.5 Å². The van der Waals surface area contributed by atoms with Crippen LogP contribution in [0.15, 0.2) is 60.7 Å². The molecule has 0 bridgehead atoms. The van der Waals surface area contributed by atoms with E-state index < -0.39 is 5.97 Å². The summed E-state index contributed by atoms with van der Waals surface area (Å²) >= 11 is 13.5. The summed E-state index contributed by atoms with van der Waals surface area (Å²) in [4.78, 5) is 28.4. The minimum atomic E-state index is -1.00. The average molecular weight is 725 g/mol. The molecular formula is C41H39Cl2N3O5. The van der Waals surface area contributed by atoms with Crippen molar-refractivity contribution in [3.63, 3.8) is 0 Å². The first-order valence-corrected chi connectivity index (χ1v) is 17.7. The van der Waals surface area contributed by atoms with E-state index in [1.54, 1.807) is 35.2 Å². The third-order valence-electron chi connectivity index (χ3n) is 10.1. The van der Waals surface area contributed by atoms with Crippen LogP contribution >= 0.6 is 23.2 Å². The molecule has 4 aromatic carbocycles. The Morgan fingerprint density at radius 3 is 2.27 bits per heavy atom. The third-order valence-corrected chi connectivity index (χ3v) is 11.0. The van der Waals surface area contributed by atoms with Crippen LogP contribution < -0.4 is 9.64 Å². The summed E-state index contributed by atoms with van der Waals surface area (Å²) in [6.45, 7) is 10.8. The van der Waals surface area contributed by atoms with Gasteiger partial charge in [0, 0.05) is 46.5 Å². The maximum atomic E-state index is 14.9. The van der Waals surface area contributed by atoms with E-state index in [0.29, 0.717) is 42.5 Å². The van der Waals surface area contributed by atoms with Crippen LogP contribution in [0.4, 0.5) is 5.82 Å². The number of amides is 1. The number of hydrogen-bond donors (Lipinski definition) is 2. The molecule has 3 heterocycles. The minimum Gasteiger partial charge on any atom is -0.508 e. The Labute approximate surface area is 306 Å². The van der Waals surface area contributed by atoms with Gasteiger partial charge in [-0.1, -0.05) is 29.3 Å². The van der Waals surface area contributed by atoms with Gasteiger partial charge in [-0.05, 0) is 135 Å². The smallest absolute Gasteiger partial charge is 0.335 e. The van der Waals surface area contributed by atoms with Crippen molar-refractivity contribution in [1.29, 1.82) is 0 Å². The van der Waals surface area contributed by atoms with E-state index in [0.717, 1.165) is 71.5 Å². The third kappa shape index (κ3) is 5.80.